The smallest absolute Gasteiger partial charge is 0.0143 e. The monoisotopic (exact) mass is 165 g/mol. The largest absolute Gasteiger partial charge is 0.388 e. The van der Waals surface area contributed by atoms with Crippen LogP contribution in [0.3, 0.4) is 0 Å². The standard InChI is InChI=1S/C11H19N/c1-2-6-10-7-3-4-8-11(10)12-9-5-1/h8,10,12H,1-7,9H2. The van der Waals surface area contributed by atoms with Gasteiger partial charge in [0.15, 0.2) is 0 Å². The van der Waals surface area contributed by atoms with Crippen LogP contribution >= 0.6 is 0 Å². The zero-order valence-corrected chi connectivity index (χ0v) is 7.81. The van der Waals surface area contributed by atoms with Gasteiger partial charge in [-0.2, -0.15) is 0 Å². The molecular formula is C11H19N. The molecule has 0 aromatic heterocycles. The maximum Gasteiger partial charge on any atom is 0.0143 e. The van der Waals surface area contributed by atoms with Crippen molar-refractivity contribution in [3.63, 3.8) is 0 Å². The highest BCUT2D eigenvalue weighted by molar-refractivity contribution is 5.08. The Morgan fingerprint density at radius 2 is 2.00 bits per heavy atom. The predicted octanol–water partition coefficient (Wildman–Crippen LogP) is 2.83. The minimum Gasteiger partial charge on any atom is -0.388 e. The highest BCUT2D eigenvalue weighted by Gasteiger charge is 2.18. The van der Waals surface area contributed by atoms with Crippen LogP contribution in [0.4, 0.5) is 0 Å². The van der Waals surface area contributed by atoms with Crippen molar-refractivity contribution in [1.82, 2.24) is 5.32 Å². The van der Waals surface area contributed by atoms with Crippen molar-refractivity contribution in [2.24, 2.45) is 5.92 Å². The first-order valence-electron chi connectivity index (χ1n) is 5.41. The molecule has 2 rings (SSSR count). The molecule has 2 aliphatic rings. The van der Waals surface area contributed by atoms with E-state index in [2.05, 4.69) is 11.4 Å². The topological polar surface area (TPSA) is 12.0 Å². The van der Waals surface area contributed by atoms with Crippen LogP contribution in [0.5, 0.6) is 0 Å². The molecule has 1 N–H and O–H groups in total. The van der Waals surface area contributed by atoms with Crippen molar-refractivity contribution in [1.29, 1.82) is 0 Å². The van der Waals surface area contributed by atoms with Crippen LogP contribution in [0.25, 0.3) is 0 Å². The van der Waals surface area contributed by atoms with E-state index < -0.39 is 0 Å². The first-order chi connectivity index (χ1) is 5.97. The second-order valence-corrected chi connectivity index (χ2v) is 4.06. The molecule has 1 saturated heterocycles. The second kappa shape index (κ2) is 3.97. The third-order valence-electron chi connectivity index (χ3n) is 3.12. The van der Waals surface area contributed by atoms with Crippen molar-refractivity contribution < 1.29 is 0 Å². The van der Waals surface area contributed by atoms with E-state index in [1.54, 1.807) is 5.70 Å². The molecule has 0 spiro atoms. The molecule has 1 heteroatoms. The zero-order valence-electron chi connectivity index (χ0n) is 7.81. The average molecular weight is 165 g/mol. The van der Waals surface area contributed by atoms with Crippen LogP contribution in [0.2, 0.25) is 0 Å². The third kappa shape index (κ3) is 1.82. The van der Waals surface area contributed by atoms with Gasteiger partial charge in [-0.25, -0.2) is 0 Å². The van der Waals surface area contributed by atoms with Crippen molar-refractivity contribution in [2.75, 3.05) is 6.54 Å². The van der Waals surface area contributed by atoms with E-state index in [0.29, 0.717) is 0 Å². The molecule has 1 unspecified atom stereocenters. The van der Waals surface area contributed by atoms with Crippen molar-refractivity contribution in [3.05, 3.63) is 11.8 Å². The number of fused-ring (bicyclic) bond motifs is 1. The molecule has 0 saturated carbocycles. The molecule has 0 aromatic carbocycles. The quantitative estimate of drug-likeness (QED) is 0.582. The lowest BCUT2D eigenvalue weighted by Gasteiger charge is -2.27. The highest BCUT2D eigenvalue weighted by atomic mass is 14.9. The van der Waals surface area contributed by atoms with Gasteiger partial charge in [0.05, 0.1) is 0 Å². The number of nitrogens with one attached hydrogen (secondary N) is 1. The normalized spacial score (nSPS) is 30.7. The second-order valence-electron chi connectivity index (χ2n) is 4.06. The average Bonchev–Trinajstić information content (AvgIpc) is 2.06. The Kier molecular flexibility index (Phi) is 2.70. The van der Waals surface area contributed by atoms with E-state index in [9.17, 15) is 0 Å². The van der Waals surface area contributed by atoms with E-state index in [1.165, 1.54) is 51.5 Å². The molecule has 1 nitrogen and oxygen atoms in total. The van der Waals surface area contributed by atoms with Gasteiger partial charge in [-0.05, 0) is 38.0 Å². The molecule has 1 atom stereocenters. The Labute approximate surface area is 75.2 Å². The van der Waals surface area contributed by atoms with Gasteiger partial charge in [-0.15, -0.1) is 0 Å². The minimum absolute atomic E-state index is 0.888. The van der Waals surface area contributed by atoms with Gasteiger partial charge in [0.2, 0.25) is 0 Å². The molecule has 1 heterocycles. The van der Waals surface area contributed by atoms with Gasteiger partial charge in [0.1, 0.15) is 0 Å². The summed E-state index contributed by atoms with van der Waals surface area (Å²) in [5.41, 5.74) is 1.57. The fraction of sp³-hybridized carbons (Fsp3) is 0.818. The van der Waals surface area contributed by atoms with E-state index in [-0.39, 0.29) is 0 Å². The van der Waals surface area contributed by atoms with Gasteiger partial charge in [-0.1, -0.05) is 18.9 Å². The zero-order chi connectivity index (χ0) is 8.23. The van der Waals surface area contributed by atoms with E-state index in [0.717, 1.165) is 5.92 Å². The molecule has 68 valence electrons. The molecule has 1 aliphatic carbocycles. The Morgan fingerprint density at radius 1 is 1.08 bits per heavy atom. The van der Waals surface area contributed by atoms with Crippen LogP contribution < -0.4 is 5.32 Å². The number of hydrogen-bond acceptors (Lipinski definition) is 1. The Hall–Kier alpha value is -0.460. The van der Waals surface area contributed by atoms with Crippen LogP contribution in [-0.4, -0.2) is 6.54 Å². The summed E-state index contributed by atoms with van der Waals surface area (Å²) in [5.74, 6) is 0.888. The van der Waals surface area contributed by atoms with Gasteiger partial charge >= 0.3 is 0 Å². The molecule has 0 aromatic rings. The van der Waals surface area contributed by atoms with Crippen molar-refractivity contribution in [3.8, 4) is 0 Å². The van der Waals surface area contributed by atoms with E-state index in [1.807, 2.05) is 0 Å². The predicted molar refractivity (Wildman–Crippen MR) is 51.9 cm³/mol. The number of rotatable bonds is 0. The summed E-state index contributed by atoms with van der Waals surface area (Å²) >= 11 is 0. The Bertz CT molecular complexity index is 172. The maximum absolute atomic E-state index is 3.58. The third-order valence-corrected chi connectivity index (χ3v) is 3.12. The minimum atomic E-state index is 0.888. The summed E-state index contributed by atoms with van der Waals surface area (Å²) in [4.78, 5) is 0. The van der Waals surface area contributed by atoms with Gasteiger partial charge in [0.25, 0.3) is 0 Å². The Morgan fingerprint density at radius 3 is 3.00 bits per heavy atom. The molecular weight excluding hydrogens is 146 g/mol. The lowest BCUT2D eigenvalue weighted by Crippen LogP contribution is -2.25. The van der Waals surface area contributed by atoms with Crippen LogP contribution in [0, 0.1) is 5.92 Å². The number of hydrogen-bond donors (Lipinski definition) is 1. The summed E-state index contributed by atoms with van der Waals surface area (Å²) in [7, 11) is 0. The van der Waals surface area contributed by atoms with Crippen LogP contribution in [0.1, 0.15) is 44.9 Å². The fourth-order valence-corrected chi connectivity index (χ4v) is 2.39. The van der Waals surface area contributed by atoms with Crippen molar-refractivity contribution >= 4 is 0 Å². The lowest BCUT2D eigenvalue weighted by molar-refractivity contribution is 0.404. The van der Waals surface area contributed by atoms with Crippen LogP contribution in [0.15, 0.2) is 11.8 Å². The molecule has 0 radical (unpaired) electrons. The van der Waals surface area contributed by atoms with Gasteiger partial charge < -0.3 is 5.32 Å². The number of allylic oxidation sites excluding steroid dienone is 2. The summed E-state index contributed by atoms with van der Waals surface area (Å²) in [6, 6.07) is 0. The lowest BCUT2D eigenvalue weighted by atomic mass is 9.87. The summed E-state index contributed by atoms with van der Waals surface area (Å²) in [5, 5.41) is 3.58. The highest BCUT2D eigenvalue weighted by Crippen LogP contribution is 2.28. The van der Waals surface area contributed by atoms with Crippen molar-refractivity contribution in [2.45, 2.75) is 44.9 Å². The molecule has 1 aliphatic heterocycles. The maximum atomic E-state index is 3.58. The molecule has 0 bridgehead atoms. The molecule has 1 fully saturated rings. The fourth-order valence-electron chi connectivity index (χ4n) is 2.39. The first-order valence-corrected chi connectivity index (χ1v) is 5.41. The summed E-state index contributed by atoms with van der Waals surface area (Å²) in [6.07, 6.45) is 12.2. The SMILES string of the molecule is C1=C2NCCCCCC2CCC1. The summed E-state index contributed by atoms with van der Waals surface area (Å²) < 4.78 is 0. The van der Waals surface area contributed by atoms with Gasteiger partial charge in [-0.3, -0.25) is 0 Å². The van der Waals surface area contributed by atoms with E-state index >= 15 is 0 Å². The van der Waals surface area contributed by atoms with Crippen LogP contribution in [-0.2, 0) is 0 Å². The first kappa shape index (κ1) is 8.15. The molecule has 0 amide bonds. The van der Waals surface area contributed by atoms with E-state index in [4.69, 9.17) is 0 Å². The van der Waals surface area contributed by atoms with Gasteiger partial charge in [0, 0.05) is 12.2 Å². The molecule has 12 heavy (non-hydrogen) atoms. The summed E-state index contributed by atoms with van der Waals surface area (Å²) in [6.45, 7) is 1.21. The Balaban J connectivity index is 2.00.